The molecule has 0 amide bonds. The van der Waals surface area contributed by atoms with E-state index in [4.69, 9.17) is 0 Å². The van der Waals surface area contributed by atoms with Crippen molar-refractivity contribution >= 4 is 0 Å². The van der Waals surface area contributed by atoms with Gasteiger partial charge in [0.2, 0.25) is 0 Å². The highest BCUT2D eigenvalue weighted by atomic mass is 14.3. The fourth-order valence-corrected chi connectivity index (χ4v) is 4.24. The van der Waals surface area contributed by atoms with Crippen molar-refractivity contribution in [2.75, 3.05) is 0 Å². The van der Waals surface area contributed by atoms with Crippen LogP contribution in [0.2, 0.25) is 0 Å². The zero-order valence-corrected chi connectivity index (χ0v) is 16.0. The molecule has 0 bridgehead atoms. The van der Waals surface area contributed by atoms with Gasteiger partial charge in [-0.25, -0.2) is 0 Å². The molecule has 2 aliphatic rings. The first-order valence-electron chi connectivity index (χ1n) is 10.1. The molecule has 0 aliphatic heterocycles. The Labute approximate surface area is 145 Å². The highest BCUT2D eigenvalue weighted by Gasteiger charge is 2.24. The van der Waals surface area contributed by atoms with Gasteiger partial charge in [-0.3, -0.25) is 0 Å². The van der Waals surface area contributed by atoms with Crippen molar-refractivity contribution < 1.29 is 0 Å². The van der Waals surface area contributed by atoms with E-state index in [-0.39, 0.29) is 0 Å². The standard InChI is InChI=1S/C15H28.C8H10/c1-12-3-7-14(8-4-12)11-15-9-5-13(2)6-10-15;1-7-3-5-8(2)6-4-7/h12-15H,3-11H2,1-2H3;3-6H,1-2H3. The first kappa shape index (κ1) is 18.6. The fraction of sp³-hybridized carbons (Fsp3) is 0.739. The van der Waals surface area contributed by atoms with E-state index >= 15 is 0 Å². The van der Waals surface area contributed by atoms with Gasteiger partial charge in [-0.15, -0.1) is 0 Å². The van der Waals surface area contributed by atoms with Crippen LogP contribution in [0.25, 0.3) is 0 Å². The van der Waals surface area contributed by atoms with E-state index in [2.05, 4.69) is 52.0 Å². The van der Waals surface area contributed by atoms with Crippen LogP contribution in [0, 0.1) is 37.5 Å². The van der Waals surface area contributed by atoms with Crippen LogP contribution in [0.3, 0.4) is 0 Å². The molecule has 0 heteroatoms. The fourth-order valence-electron chi connectivity index (χ4n) is 4.24. The summed E-state index contributed by atoms with van der Waals surface area (Å²) >= 11 is 0. The maximum Gasteiger partial charge on any atom is -0.0398 e. The topological polar surface area (TPSA) is 0 Å². The lowest BCUT2D eigenvalue weighted by molar-refractivity contribution is 0.201. The molecule has 2 aliphatic carbocycles. The zero-order valence-electron chi connectivity index (χ0n) is 16.0. The van der Waals surface area contributed by atoms with Crippen LogP contribution in [0.5, 0.6) is 0 Å². The lowest BCUT2D eigenvalue weighted by Gasteiger charge is -2.32. The van der Waals surface area contributed by atoms with Crippen LogP contribution in [0.1, 0.15) is 82.8 Å². The third-order valence-electron chi connectivity index (χ3n) is 6.16. The third-order valence-corrected chi connectivity index (χ3v) is 6.16. The van der Waals surface area contributed by atoms with Crippen LogP contribution >= 0.6 is 0 Å². The van der Waals surface area contributed by atoms with E-state index in [0.29, 0.717) is 0 Å². The van der Waals surface area contributed by atoms with E-state index in [1.54, 1.807) is 6.42 Å². The van der Waals surface area contributed by atoms with Gasteiger partial charge < -0.3 is 0 Å². The summed E-state index contributed by atoms with van der Waals surface area (Å²) in [7, 11) is 0. The summed E-state index contributed by atoms with van der Waals surface area (Å²) in [6.45, 7) is 9.05. The van der Waals surface area contributed by atoms with Crippen molar-refractivity contribution in [2.24, 2.45) is 23.7 Å². The Kier molecular flexibility index (Phi) is 7.66. The number of hydrogen-bond acceptors (Lipinski definition) is 0. The Morgan fingerprint density at radius 1 is 0.609 bits per heavy atom. The minimum Gasteiger partial charge on any atom is -0.0625 e. The van der Waals surface area contributed by atoms with Crippen molar-refractivity contribution in [1.82, 2.24) is 0 Å². The zero-order chi connectivity index (χ0) is 16.7. The maximum atomic E-state index is 2.43. The van der Waals surface area contributed by atoms with Gasteiger partial charge >= 0.3 is 0 Å². The highest BCUT2D eigenvalue weighted by molar-refractivity contribution is 5.19. The van der Waals surface area contributed by atoms with Gasteiger partial charge in [-0.05, 0) is 43.9 Å². The van der Waals surface area contributed by atoms with E-state index < -0.39 is 0 Å². The van der Waals surface area contributed by atoms with Crippen LogP contribution in [-0.4, -0.2) is 0 Å². The predicted octanol–water partition coefficient (Wildman–Crippen LogP) is 7.33. The summed E-state index contributed by atoms with van der Waals surface area (Å²) in [4.78, 5) is 0. The SMILES string of the molecule is CC1CCC(CC2CCC(C)CC2)CC1.Cc1ccc(C)cc1. The predicted molar refractivity (Wildman–Crippen MR) is 103 cm³/mol. The Bertz CT molecular complexity index is 373. The molecule has 0 unspecified atom stereocenters. The first-order valence-corrected chi connectivity index (χ1v) is 10.1. The number of benzene rings is 1. The Hall–Kier alpha value is -0.780. The van der Waals surface area contributed by atoms with E-state index in [9.17, 15) is 0 Å². The summed E-state index contributed by atoms with van der Waals surface area (Å²) < 4.78 is 0. The first-order chi connectivity index (χ1) is 11.0. The quantitative estimate of drug-likeness (QED) is 0.536. The van der Waals surface area contributed by atoms with Gasteiger partial charge in [0.25, 0.3) is 0 Å². The maximum absolute atomic E-state index is 2.43. The van der Waals surface area contributed by atoms with E-state index in [0.717, 1.165) is 23.7 Å². The molecule has 130 valence electrons. The average Bonchev–Trinajstić information content (AvgIpc) is 2.55. The Morgan fingerprint density at radius 2 is 0.913 bits per heavy atom. The molecule has 0 heterocycles. The second-order valence-electron chi connectivity index (χ2n) is 8.64. The minimum absolute atomic E-state index is 1.02. The monoisotopic (exact) mass is 314 g/mol. The van der Waals surface area contributed by atoms with Gasteiger partial charge in [0.15, 0.2) is 0 Å². The second-order valence-corrected chi connectivity index (χ2v) is 8.64. The molecular weight excluding hydrogens is 276 g/mol. The second kappa shape index (κ2) is 9.50. The van der Waals surface area contributed by atoms with Crippen molar-refractivity contribution in [1.29, 1.82) is 0 Å². The Balaban J connectivity index is 0.000000203. The normalized spacial score (nSPS) is 31.1. The summed E-state index contributed by atoms with van der Waals surface area (Å²) in [5.41, 5.74) is 2.66. The molecule has 23 heavy (non-hydrogen) atoms. The highest BCUT2D eigenvalue weighted by Crippen LogP contribution is 2.37. The van der Waals surface area contributed by atoms with Crippen LogP contribution in [0.15, 0.2) is 24.3 Å². The van der Waals surface area contributed by atoms with Crippen LogP contribution < -0.4 is 0 Å². The molecule has 0 aromatic heterocycles. The van der Waals surface area contributed by atoms with Crippen molar-refractivity contribution in [2.45, 2.75) is 85.5 Å². The number of aryl methyl sites for hydroxylation is 2. The average molecular weight is 315 g/mol. The minimum atomic E-state index is 1.02. The molecule has 0 nitrogen and oxygen atoms in total. The molecule has 3 rings (SSSR count). The molecule has 2 fully saturated rings. The van der Waals surface area contributed by atoms with Gasteiger partial charge in [-0.1, -0.05) is 101 Å². The van der Waals surface area contributed by atoms with Crippen molar-refractivity contribution in [3.63, 3.8) is 0 Å². The van der Waals surface area contributed by atoms with Gasteiger partial charge in [0.05, 0.1) is 0 Å². The molecule has 0 N–H and O–H groups in total. The van der Waals surface area contributed by atoms with Gasteiger partial charge in [-0.2, -0.15) is 0 Å². The van der Waals surface area contributed by atoms with E-state index in [1.807, 2.05) is 0 Å². The molecule has 1 aromatic carbocycles. The number of rotatable bonds is 2. The summed E-state index contributed by atoms with van der Waals surface area (Å²) in [6.07, 6.45) is 13.7. The lowest BCUT2D eigenvalue weighted by Crippen LogP contribution is -2.19. The molecular formula is C23H38. The summed E-state index contributed by atoms with van der Waals surface area (Å²) in [5.74, 6) is 4.24. The van der Waals surface area contributed by atoms with Gasteiger partial charge in [0.1, 0.15) is 0 Å². The third kappa shape index (κ3) is 7.10. The van der Waals surface area contributed by atoms with Crippen molar-refractivity contribution in [3.8, 4) is 0 Å². The van der Waals surface area contributed by atoms with Crippen LogP contribution in [-0.2, 0) is 0 Å². The smallest absolute Gasteiger partial charge is 0.0398 e. The summed E-state index contributed by atoms with van der Waals surface area (Å²) in [5, 5.41) is 0. The summed E-state index contributed by atoms with van der Waals surface area (Å²) in [6, 6.07) is 8.48. The Morgan fingerprint density at radius 3 is 1.22 bits per heavy atom. The molecule has 0 atom stereocenters. The molecule has 2 saturated carbocycles. The van der Waals surface area contributed by atoms with Crippen molar-refractivity contribution in [3.05, 3.63) is 35.4 Å². The number of hydrogen-bond donors (Lipinski definition) is 0. The van der Waals surface area contributed by atoms with E-state index in [1.165, 1.54) is 62.5 Å². The molecule has 0 spiro atoms. The van der Waals surface area contributed by atoms with Gasteiger partial charge in [0, 0.05) is 0 Å². The van der Waals surface area contributed by atoms with Crippen LogP contribution in [0.4, 0.5) is 0 Å². The molecule has 0 saturated heterocycles. The molecule has 1 aromatic rings. The lowest BCUT2D eigenvalue weighted by atomic mass is 9.74. The molecule has 0 radical (unpaired) electrons. The largest absolute Gasteiger partial charge is 0.0625 e.